The molecule has 2 heterocycles. The molecule has 1 amide bonds. The third kappa shape index (κ3) is 4.33. The lowest BCUT2D eigenvalue weighted by Gasteiger charge is -2.21. The van der Waals surface area contributed by atoms with E-state index < -0.39 is 17.6 Å². The number of alkyl halides is 3. The van der Waals surface area contributed by atoms with Crippen LogP contribution in [0.15, 0.2) is 36.7 Å². The van der Waals surface area contributed by atoms with Gasteiger partial charge in [0.1, 0.15) is 12.0 Å². The fraction of sp³-hybridized carbons (Fsp3) is 0.353. The highest BCUT2D eigenvalue weighted by Crippen LogP contribution is 2.30. The highest BCUT2D eigenvalue weighted by Gasteiger charge is 2.30. The molecule has 1 aliphatic heterocycles. The van der Waals surface area contributed by atoms with E-state index in [0.29, 0.717) is 13.2 Å². The zero-order valence-corrected chi connectivity index (χ0v) is 13.2. The first-order valence-corrected chi connectivity index (χ1v) is 7.82. The minimum atomic E-state index is -4.41. The summed E-state index contributed by atoms with van der Waals surface area (Å²) in [7, 11) is 0. The SMILES string of the molecule is O=C(Nc1ccc(C(F)(F)F)cc1)c1cc(C2CCOCC2)ncn1. The van der Waals surface area contributed by atoms with Crippen molar-refractivity contribution in [3.8, 4) is 0 Å². The Kier molecular flexibility index (Phi) is 4.98. The molecule has 3 rings (SSSR count). The summed E-state index contributed by atoms with van der Waals surface area (Å²) in [5, 5.41) is 2.55. The maximum Gasteiger partial charge on any atom is 0.416 e. The van der Waals surface area contributed by atoms with Gasteiger partial charge in [0.25, 0.3) is 5.91 Å². The minimum absolute atomic E-state index is 0.177. The highest BCUT2D eigenvalue weighted by atomic mass is 19.4. The molecule has 0 atom stereocenters. The lowest BCUT2D eigenvalue weighted by molar-refractivity contribution is -0.137. The number of hydrogen-bond acceptors (Lipinski definition) is 4. The zero-order valence-electron chi connectivity index (χ0n) is 13.2. The van der Waals surface area contributed by atoms with Gasteiger partial charge in [-0.1, -0.05) is 0 Å². The number of anilines is 1. The quantitative estimate of drug-likeness (QED) is 0.917. The molecule has 5 nitrogen and oxygen atoms in total. The zero-order chi connectivity index (χ0) is 17.9. The van der Waals surface area contributed by atoms with Gasteiger partial charge >= 0.3 is 6.18 Å². The summed E-state index contributed by atoms with van der Waals surface area (Å²) < 4.78 is 43.0. The van der Waals surface area contributed by atoms with Crippen molar-refractivity contribution < 1.29 is 22.7 Å². The van der Waals surface area contributed by atoms with Crippen molar-refractivity contribution in [3.05, 3.63) is 53.6 Å². The van der Waals surface area contributed by atoms with Crippen LogP contribution in [0.5, 0.6) is 0 Å². The van der Waals surface area contributed by atoms with Crippen molar-refractivity contribution in [2.75, 3.05) is 18.5 Å². The summed E-state index contributed by atoms with van der Waals surface area (Å²) >= 11 is 0. The number of carbonyl (C=O) groups excluding carboxylic acids is 1. The van der Waals surface area contributed by atoms with E-state index in [2.05, 4.69) is 15.3 Å². The minimum Gasteiger partial charge on any atom is -0.381 e. The number of amides is 1. The Morgan fingerprint density at radius 3 is 2.44 bits per heavy atom. The van der Waals surface area contributed by atoms with Crippen LogP contribution in [0.1, 0.15) is 40.5 Å². The number of benzene rings is 1. The van der Waals surface area contributed by atoms with Gasteiger partial charge < -0.3 is 10.1 Å². The first kappa shape index (κ1) is 17.3. The van der Waals surface area contributed by atoms with Crippen LogP contribution in [0, 0.1) is 0 Å². The summed E-state index contributed by atoms with van der Waals surface area (Å²) in [4.78, 5) is 20.5. The Labute approximate surface area is 142 Å². The van der Waals surface area contributed by atoms with E-state index in [1.165, 1.54) is 18.5 Å². The lowest BCUT2D eigenvalue weighted by atomic mass is 9.96. The van der Waals surface area contributed by atoms with Crippen molar-refractivity contribution in [1.82, 2.24) is 9.97 Å². The Balaban J connectivity index is 1.70. The molecular weight excluding hydrogens is 335 g/mol. The van der Waals surface area contributed by atoms with E-state index in [-0.39, 0.29) is 17.3 Å². The molecule has 0 spiro atoms. The standard InChI is InChI=1S/C17H16F3N3O2/c18-17(19,20)12-1-3-13(4-2-12)23-16(24)15-9-14(21-10-22-15)11-5-7-25-8-6-11/h1-4,9-11H,5-8H2,(H,23,24). The number of nitrogens with zero attached hydrogens (tertiary/aromatic N) is 2. The summed E-state index contributed by atoms with van der Waals surface area (Å²) in [5.74, 6) is -0.273. The molecule has 132 valence electrons. The van der Waals surface area contributed by atoms with Gasteiger partial charge in [-0.3, -0.25) is 4.79 Å². The lowest BCUT2D eigenvalue weighted by Crippen LogP contribution is -2.18. The normalized spacial score (nSPS) is 15.8. The Morgan fingerprint density at radius 2 is 1.80 bits per heavy atom. The smallest absolute Gasteiger partial charge is 0.381 e. The van der Waals surface area contributed by atoms with Gasteiger partial charge in [0.05, 0.1) is 5.56 Å². The van der Waals surface area contributed by atoms with E-state index >= 15 is 0 Å². The molecule has 1 fully saturated rings. The second kappa shape index (κ2) is 7.18. The number of hydrogen-bond donors (Lipinski definition) is 1. The van der Waals surface area contributed by atoms with Gasteiger partial charge in [-0.2, -0.15) is 13.2 Å². The average molecular weight is 351 g/mol. The molecule has 0 aliphatic carbocycles. The fourth-order valence-corrected chi connectivity index (χ4v) is 2.65. The molecule has 0 bridgehead atoms. The number of aromatic nitrogens is 2. The Morgan fingerprint density at radius 1 is 1.12 bits per heavy atom. The van der Waals surface area contributed by atoms with Crippen LogP contribution in [0.4, 0.5) is 18.9 Å². The van der Waals surface area contributed by atoms with Gasteiger partial charge in [-0.15, -0.1) is 0 Å². The number of nitrogens with one attached hydrogen (secondary N) is 1. The van der Waals surface area contributed by atoms with E-state index in [0.717, 1.165) is 30.7 Å². The largest absolute Gasteiger partial charge is 0.416 e. The number of rotatable bonds is 3. The van der Waals surface area contributed by atoms with Crippen LogP contribution >= 0.6 is 0 Å². The Bertz CT molecular complexity index is 742. The third-order valence-electron chi connectivity index (χ3n) is 4.03. The third-order valence-corrected chi connectivity index (χ3v) is 4.03. The van der Waals surface area contributed by atoms with Crippen molar-refractivity contribution >= 4 is 11.6 Å². The van der Waals surface area contributed by atoms with Crippen LogP contribution in [-0.2, 0) is 10.9 Å². The number of halogens is 3. The fourth-order valence-electron chi connectivity index (χ4n) is 2.65. The molecule has 1 saturated heterocycles. The molecule has 0 radical (unpaired) electrons. The molecule has 1 aromatic heterocycles. The van der Waals surface area contributed by atoms with E-state index in [4.69, 9.17) is 4.74 Å². The summed E-state index contributed by atoms with van der Waals surface area (Å²) in [6, 6.07) is 5.88. The topological polar surface area (TPSA) is 64.1 Å². The first-order valence-electron chi connectivity index (χ1n) is 7.82. The number of ether oxygens (including phenoxy) is 1. The van der Waals surface area contributed by atoms with Crippen molar-refractivity contribution in [2.24, 2.45) is 0 Å². The first-order chi connectivity index (χ1) is 11.9. The van der Waals surface area contributed by atoms with Crippen LogP contribution in [0.3, 0.4) is 0 Å². The van der Waals surface area contributed by atoms with Crippen LogP contribution < -0.4 is 5.32 Å². The molecule has 2 aromatic rings. The van der Waals surface area contributed by atoms with E-state index in [9.17, 15) is 18.0 Å². The molecule has 0 unspecified atom stereocenters. The summed E-state index contributed by atoms with van der Waals surface area (Å²) in [6.45, 7) is 1.31. The highest BCUT2D eigenvalue weighted by molar-refractivity contribution is 6.02. The average Bonchev–Trinajstić information content (AvgIpc) is 2.62. The second-order valence-electron chi connectivity index (χ2n) is 5.74. The van der Waals surface area contributed by atoms with Gasteiger partial charge in [-0.25, -0.2) is 9.97 Å². The molecule has 1 N–H and O–H groups in total. The van der Waals surface area contributed by atoms with Gasteiger partial charge in [-0.05, 0) is 43.2 Å². The molecular formula is C17H16F3N3O2. The molecule has 1 aromatic carbocycles. The Hall–Kier alpha value is -2.48. The second-order valence-corrected chi connectivity index (χ2v) is 5.74. The summed E-state index contributed by atoms with van der Waals surface area (Å²) in [6.07, 6.45) is -1.42. The van der Waals surface area contributed by atoms with Crippen LogP contribution in [0.25, 0.3) is 0 Å². The van der Waals surface area contributed by atoms with E-state index in [1.807, 2.05) is 0 Å². The maximum absolute atomic E-state index is 12.6. The monoisotopic (exact) mass is 351 g/mol. The van der Waals surface area contributed by atoms with Gasteiger partial charge in [0, 0.05) is 30.5 Å². The molecule has 0 saturated carbocycles. The predicted octanol–water partition coefficient (Wildman–Crippen LogP) is 3.64. The maximum atomic E-state index is 12.6. The molecule has 8 heteroatoms. The van der Waals surface area contributed by atoms with Crippen molar-refractivity contribution in [2.45, 2.75) is 24.9 Å². The van der Waals surface area contributed by atoms with Crippen molar-refractivity contribution in [3.63, 3.8) is 0 Å². The molecule has 25 heavy (non-hydrogen) atoms. The van der Waals surface area contributed by atoms with Gasteiger partial charge in [0.2, 0.25) is 0 Å². The molecule has 1 aliphatic rings. The van der Waals surface area contributed by atoms with Crippen LogP contribution in [-0.4, -0.2) is 29.1 Å². The van der Waals surface area contributed by atoms with E-state index in [1.54, 1.807) is 6.07 Å². The predicted molar refractivity (Wildman–Crippen MR) is 84.2 cm³/mol. The van der Waals surface area contributed by atoms with Gasteiger partial charge in [0.15, 0.2) is 0 Å². The number of carbonyl (C=O) groups is 1. The van der Waals surface area contributed by atoms with Crippen molar-refractivity contribution in [1.29, 1.82) is 0 Å². The van der Waals surface area contributed by atoms with Crippen LogP contribution in [0.2, 0.25) is 0 Å². The summed E-state index contributed by atoms with van der Waals surface area (Å²) in [5.41, 5.74) is 0.450.